The van der Waals surface area contributed by atoms with Crippen LogP contribution in [-0.2, 0) is 11.3 Å². The number of nitrogens with zero attached hydrogens (tertiary/aromatic N) is 5. The van der Waals surface area contributed by atoms with Crippen molar-refractivity contribution in [2.24, 2.45) is 0 Å². The molecule has 1 N–H and O–H groups in total. The number of aromatic amines is 1. The lowest BCUT2D eigenvalue weighted by molar-refractivity contribution is 0.0331. The van der Waals surface area contributed by atoms with Gasteiger partial charge in [0.1, 0.15) is 23.0 Å². The molecule has 1 fully saturated rings. The third-order valence-electron chi connectivity index (χ3n) is 7.55. The van der Waals surface area contributed by atoms with Gasteiger partial charge in [-0.3, -0.25) is 9.88 Å². The second-order valence-electron chi connectivity index (χ2n) is 10.0. The molecule has 0 radical (unpaired) electrons. The predicted molar refractivity (Wildman–Crippen MR) is 155 cm³/mol. The minimum atomic E-state index is 0.624. The molecule has 0 spiro atoms. The summed E-state index contributed by atoms with van der Waals surface area (Å²) >= 11 is 6.45. The third kappa shape index (κ3) is 4.18. The van der Waals surface area contributed by atoms with E-state index in [4.69, 9.17) is 35.6 Å². The minimum Gasteiger partial charge on any atom is -0.496 e. The molecule has 0 aliphatic carbocycles. The van der Waals surface area contributed by atoms with Crippen molar-refractivity contribution in [3.05, 3.63) is 64.9 Å². The van der Waals surface area contributed by atoms with Crippen molar-refractivity contribution in [3.63, 3.8) is 0 Å². The van der Waals surface area contributed by atoms with Gasteiger partial charge in [0.05, 0.1) is 54.7 Å². The highest BCUT2D eigenvalue weighted by atomic mass is 35.5. The second kappa shape index (κ2) is 9.85. The maximum absolute atomic E-state index is 6.45. The lowest BCUT2D eigenvalue weighted by Crippen LogP contribution is -2.36. The first-order chi connectivity index (χ1) is 19.5. The first-order valence-corrected chi connectivity index (χ1v) is 13.6. The van der Waals surface area contributed by atoms with E-state index in [-0.39, 0.29) is 0 Å². The number of hydrogen-bond donors (Lipinski definition) is 1. The summed E-state index contributed by atoms with van der Waals surface area (Å²) in [6.07, 6.45) is 1.81. The van der Waals surface area contributed by atoms with Gasteiger partial charge in [0, 0.05) is 51.7 Å². The number of methoxy groups -OCH3 is 1. The van der Waals surface area contributed by atoms with Gasteiger partial charge in [0.25, 0.3) is 0 Å². The summed E-state index contributed by atoms with van der Waals surface area (Å²) < 4.78 is 16.9. The average molecular weight is 555 g/mol. The highest BCUT2D eigenvalue weighted by Crippen LogP contribution is 2.42. The van der Waals surface area contributed by atoms with Gasteiger partial charge < -0.3 is 19.0 Å². The lowest BCUT2D eigenvalue weighted by atomic mass is 9.99. The monoisotopic (exact) mass is 554 g/mol. The SMILES string of the molecule is COc1cc2c(cc1-c1c(C)noc1C)[nH]c1nc(CN3CCOCC3)nc(-c3ccnc4ccc(Cl)cc34)c12. The summed E-state index contributed by atoms with van der Waals surface area (Å²) in [5.41, 5.74) is 6.92. The summed E-state index contributed by atoms with van der Waals surface area (Å²) in [5, 5.41) is 7.60. The number of benzene rings is 2. The lowest BCUT2D eigenvalue weighted by Gasteiger charge is -2.25. The molecule has 10 heteroatoms. The Kier molecular flexibility index (Phi) is 6.14. The molecule has 1 aliphatic rings. The number of nitrogens with one attached hydrogen (secondary N) is 1. The Morgan fingerprint density at radius 2 is 1.88 bits per heavy atom. The van der Waals surface area contributed by atoms with E-state index in [0.717, 1.165) is 85.6 Å². The van der Waals surface area contributed by atoms with E-state index >= 15 is 0 Å². The van der Waals surface area contributed by atoms with Crippen LogP contribution >= 0.6 is 11.6 Å². The molecule has 0 atom stereocenters. The molecule has 0 saturated carbocycles. The van der Waals surface area contributed by atoms with E-state index in [9.17, 15) is 0 Å². The Balaban J connectivity index is 1.51. The topological polar surface area (TPSA) is 102 Å². The Morgan fingerprint density at radius 3 is 2.65 bits per heavy atom. The number of ether oxygens (including phenoxy) is 2. The first kappa shape index (κ1) is 25.0. The number of hydrogen-bond acceptors (Lipinski definition) is 8. The Bertz CT molecular complexity index is 1890. The smallest absolute Gasteiger partial charge is 0.145 e. The minimum absolute atomic E-state index is 0.624. The van der Waals surface area contributed by atoms with Crippen molar-refractivity contribution in [1.29, 1.82) is 0 Å². The standard InChI is InChI=1S/C30H27ClN6O3/c1-16-27(17(2)40-36-16)22-13-24-21(14-25(22)38-3)28-29(19-6-7-32-23-5-4-18(31)12-20(19)23)34-26(35-30(28)33-24)15-37-8-10-39-11-9-37/h4-7,12-14H,8-11,15H2,1-3H3,(H,33,34,35). The van der Waals surface area contributed by atoms with Crippen LogP contribution < -0.4 is 4.74 Å². The van der Waals surface area contributed by atoms with Gasteiger partial charge in [0.15, 0.2) is 0 Å². The summed E-state index contributed by atoms with van der Waals surface area (Å²) in [6.45, 7) is 7.56. The quantitative estimate of drug-likeness (QED) is 0.273. The van der Waals surface area contributed by atoms with Crippen LogP contribution in [0.3, 0.4) is 0 Å². The van der Waals surface area contributed by atoms with Gasteiger partial charge in [-0.05, 0) is 50.2 Å². The number of fused-ring (bicyclic) bond motifs is 4. The summed E-state index contributed by atoms with van der Waals surface area (Å²) in [6, 6.07) is 11.8. The Morgan fingerprint density at radius 1 is 1.02 bits per heavy atom. The van der Waals surface area contributed by atoms with Crippen LogP contribution in [0.25, 0.3) is 55.2 Å². The normalized spacial score (nSPS) is 14.5. The van der Waals surface area contributed by atoms with Gasteiger partial charge >= 0.3 is 0 Å². The highest BCUT2D eigenvalue weighted by Gasteiger charge is 2.23. The largest absolute Gasteiger partial charge is 0.496 e. The molecule has 0 amide bonds. The Hall–Kier alpha value is -4.05. The van der Waals surface area contributed by atoms with Gasteiger partial charge in [-0.25, -0.2) is 9.97 Å². The van der Waals surface area contributed by atoms with Gasteiger partial charge in [-0.15, -0.1) is 0 Å². The molecule has 0 unspecified atom stereocenters. The van der Waals surface area contributed by atoms with Crippen LogP contribution in [0, 0.1) is 13.8 Å². The molecule has 6 aromatic rings. The fourth-order valence-electron chi connectivity index (χ4n) is 5.65. The number of aryl methyl sites for hydroxylation is 2. The predicted octanol–water partition coefficient (Wildman–Crippen LogP) is 6.09. The van der Waals surface area contributed by atoms with Crippen molar-refractivity contribution in [2.45, 2.75) is 20.4 Å². The zero-order valence-electron chi connectivity index (χ0n) is 22.4. The van der Waals surface area contributed by atoms with E-state index < -0.39 is 0 Å². The fraction of sp³-hybridized carbons (Fsp3) is 0.267. The van der Waals surface area contributed by atoms with Crippen LogP contribution in [0.1, 0.15) is 17.3 Å². The van der Waals surface area contributed by atoms with Crippen molar-refractivity contribution in [3.8, 4) is 28.1 Å². The molecule has 5 heterocycles. The number of rotatable bonds is 5. The van der Waals surface area contributed by atoms with E-state index in [2.05, 4.69) is 26.1 Å². The van der Waals surface area contributed by atoms with Crippen molar-refractivity contribution in [2.75, 3.05) is 33.4 Å². The van der Waals surface area contributed by atoms with E-state index in [1.165, 1.54) is 0 Å². The molecule has 7 rings (SSSR count). The summed E-state index contributed by atoms with van der Waals surface area (Å²) in [7, 11) is 1.67. The number of morpholine rings is 1. The molecular weight excluding hydrogens is 528 g/mol. The number of H-pyrrole nitrogens is 1. The molecule has 9 nitrogen and oxygen atoms in total. The molecule has 2 aromatic carbocycles. The molecule has 0 bridgehead atoms. The van der Waals surface area contributed by atoms with E-state index in [0.29, 0.717) is 30.5 Å². The van der Waals surface area contributed by atoms with Crippen molar-refractivity contribution >= 4 is 44.4 Å². The van der Waals surface area contributed by atoms with Crippen LogP contribution in [0.15, 0.2) is 47.1 Å². The van der Waals surface area contributed by atoms with E-state index in [1.54, 1.807) is 7.11 Å². The van der Waals surface area contributed by atoms with Gasteiger partial charge in [0.2, 0.25) is 0 Å². The summed E-state index contributed by atoms with van der Waals surface area (Å²) in [4.78, 5) is 20.6. The zero-order valence-corrected chi connectivity index (χ0v) is 23.2. The zero-order chi connectivity index (χ0) is 27.4. The van der Waals surface area contributed by atoms with Gasteiger partial charge in [-0.2, -0.15) is 0 Å². The second-order valence-corrected chi connectivity index (χ2v) is 10.5. The van der Waals surface area contributed by atoms with Crippen molar-refractivity contribution < 1.29 is 14.0 Å². The number of pyridine rings is 1. The highest BCUT2D eigenvalue weighted by molar-refractivity contribution is 6.31. The third-order valence-corrected chi connectivity index (χ3v) is 7.78. The van der Waals surface area contributed by atoms with E-state index in [1.807, 2.05) is 50.4 Å². The molecule has 1 saturated heterocycles. The van der Waals surface area contributed by atoms with Crippen molar-refractivity contribution in [1.82, 2.24) is 30.0 Å². The number of aromatic nitrogens is 5. The molecule has 4 aromatic heterocycles. The van der Waals surface area contributed by atoms with Crippen LogP contribution in [0.2, 0.25) is 5.02 Å². The molecule has 1 aliphatic heterocycles. The maximum atomic E-state index is 6.45. The van der Waals surface area contributed by atoms with Gasteiger partial charge in [-0.1, -0.05) is 16.8 Å². The Labute approximate surface area is 235 Å². The van der Waals surface area contributed by atoms with Crippen LogP contribution in [-0.4, -0.2) is 63.4 Å². The fourth-order valence-corrected chi connectivity index (χ4v) is 5.82. The maximum Gasteiger partial charge on any atom is 0.145 e. The number of halogens is 1. The van der Waals surface area contributed by atoms with Crippen LogP contribution in [0.4, 0.5) is 0 Å². The molecule has 202 valence electrons. The first-order valence-electron chi connectivity index (χ1n) is 13.2. The summed E-state index contributed by atoms with van der Waals surface area (Å²) in [5.74, 6) is 2.19. The average Bonchev–Trinajstić information content (AvgIpc) is 3.49. The molecule has 40 heavy (non-hydrogen) atoms. The molecular formula is C30H27ClN6O3. The van der Waals surface area contributed by atoms with Crippen LogP contribution in [0.5, 0.6) is 5.75 Å².